The number of carbonyl (C=O) groups is 2. The van der Waals surface area contributed by atoms with E-state index in [0.29, 0.717) is 13.1 Å². The van der Waals surface area contributed by atoms with Gasteiger partial charge >= 0.3 is 0 Å². The Hall–Kier alpha value is -1.36. The average molecular weight is 281 g/mol. The molecule has 0 aromatic heterocycles. The summed E-state index contributed by atoms with van der Waals surface area (Å²) in [6.07, 6.45) is 3.47. The fraction of sp³-hybridized carbons (Fsp3) is 0.733. The van der Waals surface area contributed by atoms with Crippen molar-refractivity contribution >= 4 is 11.8 Å². The van der Waals surface area contributed by atoms with E-state index in [1.807, 2.05) is 20.8 Å². The molecule has 0 spiro atoms. The molecule has 5 nitrogen and oxygen atoms in total. The van der Waals surface area contributed by atoms with Gasteiger partial charge in [0.25, 0.3) is 0 Å². The largest absolute Gasteiger partial charge is 0.353 e. The molecular weight excluding hydrogens is 254 g/mol. The number of amides is 2. The normalized spacial score (nSPS) is 17.6. The topological polar surface area (TPSA) is 61.4 Å². The van der Waals surface area contributed by atoms with E-state index in [1.54, 1.807) is 6.08 Å². The van der Waals surface area contributed by atoms with E-state index in [0.717, 1.165) is 25.9 Å². The third-order valence-corrected chi connectivity index (χ3v) is 3.41. The van der Waals surface area contributed by atoms with Gasteiger partial charge in [-0.15, -0.1) is 6.58 Å². The summed E-state index contributed by atoms with van der Waals surface area (Å²) < 4.78 is 0. The van der Waals surface area contributed by atoms with E-state index in [-0.39, 0.29) is 23.3 Å². The lowest BCUT2D eigenvalue weighted by Crippen LogP contribution is -2.49. The van der Waals surface area contributed by atoms with Crippen molar-refractivity contribution in [3.8, 4) is 0 Å². The van der Waals surface area contributed by atoms with E-state index >= 15 is 0 Å². The second-order valence-corrected chi connectivity index (χ2v) is 6.37. The molecule has 2 N–H and O–H groups in total. The van der Waals surface area contributed by atoms with Crippen LogP contribution in [0.5, 0.6) is 0 Å². The van der Waals surface area contributed by atoms with Crippen LogP contribution in [0.2, 0.25) is 0 Å². The Balaban J connectivity index is 2.28. The fourth-order valence-electron chi connectivity index (χ4n) is 2.08. The second-order valence-electron chi connectivity index (χ2n) is 6.37. The maximum absolute atomic E-state index is 11.9. The van der Waals surface area contributed by atoms with Gasteiger partial charge in [-0.2, -0.15) is 0 Å². The summed E-state index contributed by atoms with van der Waals surface area (Å²) >= 11 is 0. The lowest BCUT2D eigenvalue weighted by Gasteiger charge is -2.33. The van der Waals surface area contributed by atoms with Gasteiger partial charge < -0.3 is 10.6 Å². The second kappa shape index (κ2) is 7.43. The number of carbonyl (C=O) groups excluding carboxylic acids is 2. The van der Waals surface area contributed by atoms with E-state index in [2.05, 4.69) is 22.1 Å². The van der Waals surface area contributed by atoms with Crippen LogP contribution >= 0.6 is 0 Å². The van der Waals surface area contributed by atoms with Gasteiger partial charge in [-0.25, -0.2) is 0 Å². The minimum Gasteiger partial charge on any atom is -0.353 e. The molecule has 0 bridgehead atoms. The fourth-order valence-corrected chi connectivity index (χ4v) is 2.08. The predicted molar refractivity (Wildman–Crippen MR) is 80.3 cm³/mol. The minimum atomic E-state index is -0.346. The molecule has 2 amide bonds. The Kier molecular flexibility index (Phi) is 6.20. The summed E-state index contributed by atoms with van der Waals surface area (Å²) in [4.78, 5) is 25.6. The summed E-state index contributed by atoms with van der Waals surface area (Å²) in [5, 5.41) is 5.86. The Labute approximate surface area is 121 Å². The van der Waals surface area contributed by atoms with Crippen molar-refractivity contribution in [2.24, 2.45) is 5.41 Å². The molecule has 1 aliphatic rings. The first-order valence-corrected chi connectivity index (χ1v) is 7.24. The summed E-state index contributed by atoms with van der Waals surface area (Å²) in [5.74, 6) is 0.127. The summed E-state index contributed by atoms with van der Waals surface area (Å²) in [6, 6.07) is 0.231. The van der Waals surface area contributed by atoms with E-state index in [1.165, 1.54) is 0 Å². The molecule has 1 aliphatic heterocycles. The van der Waals surface area contributed by atoms with Crippen LogP contribution in [0.3, 0.4) is 0 Å². The molecule has 1 fully saturated rings. The van der Waals surface area contributed by atoms with Crippen molar-refractivity contribution < 1.29 is 9.59 Å². The number of nitrogens with one attached hydrogen (secondary N) is 2. The van der Waals surface area contributed by atoms with E-state index in [9.17, 15) is 9.59 Å². The molecule has 0 saturated carbocycles. The molecule has 0 aromatic carbocycles. The number of hydrogen-bond acceptors (Lipinski definition) is 3. The molecule has 20 heavy (non-hydrogen) atoms. The van der Waals surface area contributed by atoms with Gasteiger partial charge in [-0.05, 0) is 12.8 Å². The third-order valence-electron chi connectivity index (χ3n) is 3.41. The van der Waals surface area contributed by atoms with E-state index in [4.69, 9.17) is 0 Å². The summed E-state index contributed by atoms with van der Waals surface area (Å²) in [6.45, 7) is 11.9. The molecule has 0 radical (unpaired) electrons. The molecule has 1 saturated heterocycles. The van der Waals surface area contributed by atoms with Gasteiger partial charge in [0.05, 0.1) is 6.54 Å². The van der Waals surface area contributed by atoms with Gasteiger partial charge in [-0.3, -0.25) is 14.5 Å². The van der Waals surface area contributed by atoms with Crippen molar-refractivity contribution in [3.63, 3.8) is 0 Å². The molecule has 0 aromatic rings. The van der Waals surface area contributed by atoms with Crippen LogP contribution < -0.4 is 10.6 Å². The van der Waals surface area contributed by atoms with Crippen LogP contribution in [-0.4, -0.2) is 48.9 Å². The lowest BCUT2D eigenvalue weighted by molar-refractivity contribution is -0.130. The zero-order chi connectivity index (χ0) is 15.2. The maximum Gasteiger partial charge on any atom is 0.234 e. The van der Waals surface area contributed by atoms with Crippen LogP contribution in [0.4, 0.5) is 0 Å². The number of piperidine rings is 1. The monoisotopic (exact) mass is 281 g/mol. The molecule has 1 rings (SSSR count). The minimum absolute atomic E-state index is 0.0297. The number of hydrogen-bond donors (Lipinski definition) is 2. The van der Waals surface area contributed by atoms with Crippen LogP contribution in [0, 0.1) is 5.41 Å². The molecule has 1 heterocycles. The first-order valence-electron chi connectivity index (χ1n) is 7.24. The Bertz CT molecular complexity index is 353. The highest BCUT2D eigenvalue weighted by atomic mass is 16.2. The van der Waals surface area contributed by atoms with Gasteiger partial charge in [0.2, 0.25) is 11.8 Å². The van der Waals surface area contributed by atoms with Crippen LogP contribution in [0.1, 0.15) is 33.6 Å². The smallest absolute Gasteiger partial charge is 0.234 e. The first-order chi connectivity index (χ1) is 9.32. The zero-order valence-electron chi connectivity index (χ0n) is 12.9. The summed E-state index contributed by atoms with van der Waals surface area (Å²) in [7, 11) is 0. The SMILES string of the molecule is C=CCNC(=O)CN1CCC(NC(=O)C(C)(C)C)CC1. The Morgan fingerprint density at radius 2 is 1.90 bits per heavy atom. The van der Waals surface area contributed by atoms with Crippen molar-refractivity contribution in [1.82, 2.24) is 15.5 Å². The summed E-state index contributed by atoms with van der Waals surface area (Å²) in [5.41, 5.74) is -0.346. The zero-order valence-corrected chi connectivity index (χ0v) is 12.9. The molecule has 5 heteroatoms. The van der Waals surface area contributed by atoms with Gasteiger partial charge in [0, 0.05) is 31.1 Å². The van der Waals surface area contributed by atoms with Gasteiger partial charge in [-0.1, -0.05) is 26.8 Å². The van der Waals surface area contributed by atoms with Gasteiger partial charge in [0.15, 0.2) is 0 Å². The van der Waals surface area contributed by atoms with Crippen molar-refractivity contribution in [1.29, 1.82) is 0 Å². The predicted octanol–water partition coefficient (Wildman–Crippen LogP) is 0.915. The van der Waals surface area contributed by atoms with Crippen molar-refractivity contribution in [2.75, 3.05) is 26.2 Å². The highest BCUT2D eigenvalue weighted by Crippen LogP contribution is 2.16. The van der Waals surface area contributed by atoms with Gasteiger partial charge in [0.1, 0.15) is 0 Å². The lowest BCUT2D eigenvalue weighted by atomic mass is 9.94. The number of rotatable bonds is 5. The molecule has 114 valence electrons. The number of likely N-dealkylation sites (tertiary alicyclic amines) is 1. The quantitative estimate of drug-likeness (QED) is 0.737. The van der Waals surface area contributed by atoms with Crippen LogP contribution in [0.15, 0.2) is 12.7 Å². The van der Waals surface area contributed by atoms with Crippen LogP contribution in [-0.2, 0) is 9.59 Å². The van der Waals surface area contributed by atoms with E-state index < -0.39 is 0 Å². The standard InChI is InChI=1S/C15H27N3O2/c1-5-8-16-13(19)11-18-9-6-12(7-10-18)17-14(20)15(2,3)4/h5,12H,1,6-11H2,2-4H3,(H,16,19)(H,17,20). The average Bonchev–Trinajstić information content (AvgIpc) is 2.37. The molecule has 0 atom stereocenters. The highest BCUT2D eigenvalue weighted by Gasteiger charge is 2.26. The Morgan fingerprint density at radius 1 is 1.30 bits per heavy atom. The van der Waals surface area contributed by atoms with Crippen molar-refractivity contribution in [2.45, 2.75) is 39.7 Å². The van der Waals surface area contributed by atoms with Crippen molar-refractivity contribution in [3.05, 3.63) is 12.7 Å². The molecular formula is C15H27N3O2. The number of nitrogens with zero attached hydrogens (tertiary/aromatic N) is 1. The Morgan fingerprint density at radius 3 is 2.40 bits per heavy atom. The molecule has 0 aliphatic carbocycles. The third kappa shape index (κ3) is 5.74. The molecule has 0 unspecified atom stereocenters. The van der Waals surface area contributed by atoms with Crippen LogP contribution in [0.25, 0.3) is 0 Å². The maximum atomic E-state index is 11.9. The highest BCUT2D eigenvalue weighted by molar-refractivity contribution is 5.81. The first kappa shape index (κ1) is 16.7.